The predicted molar refractivity (Wildman–Crippen MR) is 138 cm³/mol. The molecule has 2 aliphatic heterocycles. The van der Waals surface area contributed by atoms with E-state index in [-0.39, 0.29) is 5.82 Å². The number of ether oxygens (including phenoxy) is 1. The molecule has 0 bridgehead atoms. The molecular weight excluding hydrogens is 455 g/mol. The lowest BCUT2D eigenvalue weighted by Crippen LogP contribution is -2.42. The van der Waals surface area contributed by atoms with E-state index in [0.29, 0.717) is 25.1 Å². The van der Waals surface area contributed by atoms with Crippen LogP contribution in [0, 0.1) is 5.82 Å². The standard InChI is InChI=1S/C30H33FN2O3/c1-29(2,34)26-8-3-9-27-25(26)20-21(24-7-4-16-32-28(24)36-27)6-5-17-33-18-14-30(35,15-19-33)22-10-12-23(31)13-11-22/h3-4,6-13,16,34-35H,5,14-15,17-20H2,1-2H3/b21-6-. The normalized spacial score (nSPS) is 18.8. The minimum atomic E-state index is -0.987. The Morgan fingerprint density at radius 3 is 2.56 bits per heavy atom. The Morgan fingerprint density at radius 1 is 1.08 bits per heavy atom. The van der Waals surface area contributed by atoms with Crippen LogP contribution in [-0.4, -0.2) is 39.7 Å². The summed E-state index contributed by atoms with van der Waals surface area (Å²) in [5, 5.41) is 21.9. The van der Waals surface area contributed by atoms with Gasteiger partial charge >= 0.3 is 0 Å². The van der Waals surface area contributed by atoms with E-state index in [2.05, 4.69) is 16.0 Å². The van der Waals surface area contributed by atoms with Gasteiger partial charge in [-0.15, -0.1) is 0 Å². The molecule has 0 unspecified atom stereocenters. The fourth-order valence-corrected chi connectivity index (χ4v) is 5.32. The van der Waals surface area contributed by atoms with Crippen LogP contribution in [0.25, 0.3) is 5.57 Å². The summed E-state index contributed by atoms with van der Waals surface area (Å²) in [6.45, 7) is 6.03. The highest BCUT2D eigenvalue weighted by atomic mass is 19.1. The summed E-state index contributed by atoms with van der Waals surface area (Å²) in [6, 6.07) is 16.0. The highest BCUT2D eigenvalue weighted by Gasteiger charge is 2.34. The number of pyridine rings is 1. The van der Waals surface area contributed by atoms with Crippen molar-refractivity contribution in [1.82, 2.24) is 9.88 Å². The van der Waals surface area contributed by atoms with Gasteiger partial charge in [0, 0.05) is 43.4 Å². The zero-order chi connectivity index (χ0) is 25.3. The number of hydrogen-bond donors (Lipinski definition) is 2. The van der Waals surface area contributed by atoms with Crippen molar-refractivity contribution in [1.29, 1.82) is 0 Å². The third-order valence-electron chi connectivity index (χ3n) is 7.38. The fourth-order valence-electron chi connectivity index (χ4n) is 5.32. The van der Waals surface area contributed by atoms with Gasteiger partial charge in [0.1, 0.15) is 11.6 Å². The van der Waals surface area contributed by atoms with Crippen molar-refractivity contribution in [3.63, 3.8) is 0 Å². The van der Waals surface area contributed by atoms with Crippen molar-refractivity contribution >= 4 is 5.57 Å². The summed E-state index contributed by atoms with van der Waals surface area (Å²) in [5.41, 5.74) is 2.84. The van der Waals surface area contributed by atoms with Gasteiger partial charge in [-0.05, 0) is 80.1 Å². The zero-order valence-electron chi connectivity index (χ0n) is 20.9. The SMILES string of the molecule is CC(C)(O)c1cccc2c1C/C(=C/CCN1CCC(O)(c3ccc(F)cc3)CC1)c1cccnc1O2. The molecule has 0 atom stereocenters. The second kappa shape index (κ2) is 9.77. The van der Waals surface area contributed by atoms with Gasteiger partial charge in [-0.3, -0.25) is 0 Å². The van der Waals surface area contributed by atoms with E-state index in [4.69, 9.17) is 4.74 Å². The van der Waals surface area contributed by atoms with Gasteiger partial charge in [0.25, 0.3) is 0 Å². The van der Waals surface area contributed by atoms with E-state index >= 15 is 0 Å². The Hall–Kier alpha value is -3.06. The van der Waals surface area contributed by atoms with E-state index in [1.165, 1.54) is 12.1 Å². The molecule has 0 radical (unpaired) electrons. The van der Waals surface area contributed by atoms with Crippen molar-refractivity contribution in [2.24, 2.45) is 0 Å². The van der Waals surface area contributed by atoms with E-state index in [9.17, 15) is 14.6 Å². The Balaban J connectivity index is 1.31. The largest absolute Gasteiger partial charge is 0.438 e. The zero-order valence-corrected chi connectivity index (χ0v) is 20.9. The first kappa shape index (κ1) is 24.6. The molecule has 0 spiro atoms. The summed E-state index contributed by atoms with van der Waals surface area (Å²) in [4.78, 5) is 6.84. The number of hydrogen-bond acceptors (Lipinski definition) is 5. The van der Waals surface area contributed by atoms with Crippen LogP contribution >= 0.6 is 0 Å². The highest BCUT2D eigenvalue weighted by Crippen LogP contribution is 2.41. The average Bonchev–Trinajstić information content (AvgIpc) is 3.01. The molecule has 0 aliphatic carbocycles. The van der Waals surface area contributed by atoms with Crippen LogP contribution in [0.2, 0.25) is 0 Å². The molecule has 5 rings (SSSR count). The lowest BCUT2D eigenvalue weighted by Gasteiger charge is -2.38. The number of nitrogens with zero attached hydrogens (tertiary/aromatic N) is 2. The summed E-state index contributed by atoms with van der Waals surface area (Å²) < 4.78 is 19.5. The Bertz CT molecular complexity index is 1260. The molecule has 6 heteroatoms. The van der Waals surface area contributed by atoms with Gasteiger partial charge in [-0.2, -0.15) is 0 Å². The molecule has 188 valence electrons. The van der Waals surface area contributed by atoms with Gasteiger partial charge in [0.05, 0.1) is 11.2 Å². The number of aromatic nitrogens is 1. The quantitative estimate of drug-likeness (QED) is 0.493. The average molecular weight is 489 g/mol. The molecule has 0 amide bonds. The molecule has 3 aromatic rings. The number of allylic oxidation sites excluding steroid dienone is 1. The van der Waals surface area contributed by atoms with Crippen molar-refractivity contribution < 1.29 is 19.3 Å². The van der Waals surface area contributed by atoms with Crippen LogP contribution < -0.4 is 4.74 Å². The molecule has 2 aliphatic rings. The minimum Gasteiger partial charge on any atom is -0.438 e. The molecular formula is C30H33FN2O3. The molecule has 2 aromatic carbocycles. The molecule has 0 saturated carbocycles. The molecule has 1 fully saturated rings. The number of rotatable bonds is 5. The van der Waals surface area contributed by atoms with E-state index in [1.54, 1.807) is 32.2 Å². The molecule has 36 heavy (non-hydrogen) atoms. The summed E-state index contributed by atoms with van der Waals surface area (Å²) in [6.07, 6.45) is 6.73. The molecule has 1 saturated heterocycles. The highest BCUT2D eigenvalue weighted by molar-refractivity contribution is 5.74. The van der Waals surface area contributed by atoms with Crippen LogP contribution in [0.1, 0.15) is 55.4 Å². The predicted octanol–water partition coefficient (Wildman–Crippen LogP) is 5.55. The number of fused-ring (bicyclic) bond motifs is 2. The molecule has 2 N–H and O–H groups in total. The van der Waals surface area contributed by atoms with Crippen LogP contribution in [0.15, 0.2) is 66.9 Å². The van der Waals surface area contributed by atoms with Crippen molar-refractivity contribution in [2.45, 2.75) is 50.7 Å². The van der Waals surface area contributed by atoms with E-state index < -0.39 is 11.2 Å². The Labute approximate surface area is 211 Å². The van der Waals surface area contributed by atoms with E-state index in [0.717, 1.165) is 59.6 Å². The number of aliphatic hydroxyl groups is 2. The summed E-state index contributed by atoms with van der Waals surface area (Å²) >= 11 is 0. The van der Waals surface area contributed by atoms with E-state index in [1.807, 2.05) is 30.3 Å². The molecule has 5 nitrogen and oxygen atoms in total. The fraction of sp³-hybridized carbons (Fsp3) is 0.367. The lowest BCUT2D eigenvalue weighted by atomic mass is 9.84. The monoisotopic (exact) mass is 488 g/mol. The van der Waals surface area contributed by atoms with Crippen LogP contribution in [0.3, 0.4) is 0 Å². The smallest absolute Gasteiger partial charge is 0.226 e. The van der Waals surface area contributed by atoms with Crippen LogP contribution in [-0.2, 0) is 17.6 Å². The maximum absolute atomic E-state index is 13.3. The topological polar surface area (TPSA) is 65.8 Å². The Morgan fingerprint density at radius 2 is 1.83 bits per heavy atom. The Kier molecular flexibility index (Phi) is 6.68. The minimum absolute atomic E-state index is 0.286. The summed E-state index contributed by atoms with van der Waals surface area (Å²) in [7, 11) is 0. The first-order valence-corrected chi connectivity index (χ1v) is 12.6. The second-order valence-electron chi connectivity index (χ2n) is 10.4. The van der Waals surface area contributed by atoms with Crippen LogP contribution in [0.5, 0.6) is 11.6 Å². The number of likely N-dealkylation sites (tertiary alicyclic amines) is 1. The molecule has 1 aromatic heterocycles. The van der Waals surface area contributed by atoms with Crippen molar-refractivity contribution in [3.8, 4) is 11.6 Å². The summed E-state index contributed by atoms with van der Waals surface area (Å²) in [5.74, 6) is 1.03. The van der Waals surface area contributed by atoms with Gasteiger partial charge in [0.15, 0.2) is 0 Å². The van der Waals surface area contributed by atoms with Crippen molar-refractivity contribution in [2.75, 3.05) is 19.6 Å². The third-order valence-corrected chi connectivity index (χ3v) is 7.38. The second-order valence-corrected chi connectivity index (χ2v) is 10.4. The third kappa shape index (κ3) is 5.07. The van der Waals surface area contributed by atoms with Gasteiger partial charge < -0.3 is 19.8 Å². The van der Waals surface area contributed by atoms with Crippen molar-refractivity contribution in [3.05, 3.63) is 94.9 Å². The first-order chi connectivity index (χ1) is 17.2. The van der Waals surface area contributed by atoms with Gasteiger partial charge in [-0.1, -0.05) is 30.3 Å². The molecule has 3 heterocycles. The lowest BCUT2D eigenvalue weighted by molar-refractivity contribution is -0.0254. The maximum Gasteiger partial charge on any atom is 0.226 e. The first-order valence-electron chi connectivity index (χ1n) is 12.6. The maximum atomic E-state index is 13.3. The number of piperidine rings is 1. The number of benzene rings is 2. The van der Waals surface area contributed by atoms with Gasteiger partial charge in [0.2, 0.25) is 5.88 Å². The number of halogens is 1. The van der Waals surface area contributed by atoms with Crippen LogP contribution in [0.4, 0.5) is 4.39 Å². The van der Waals surface area contributed by atoms with Gasteiger partial charge in [-0.25, -0.2) is 9.37 Å².